The second-order valence-corrected chi connectivity index (χ2v) is 8.02. The number of nitrogens with zero attached hydrogens (tertiary/aromatic N) is 3. The molecular formula is C22H33N5. The van der Waals surface area contributed by atoms with Gasteiger partial charge in [0.2, 0.25) is 0 Å². The molecule has 1 aliphatic carbocycles. The minimum absolute atomic E-state index is 0.345. The van der Waals surface area contributed by atoms with Crippen molar-refractivity contribution in [2.24, 2.45) is 11.1 Å². The molecule has 1 spiro atoms. The molecule has 1 unspecified atom stereocenters. The Bertz CT molecular complexity index is 769. The molecule has 1 saturated heterocycles. The van der Waals surface area contributed by atoms with Gasteiger partial charge in [-0.15, -0.1) is 0 Å². The molecule has 5 nitrogen and oxygen atoms in total. The number of nitrogen functional groups attached to an aromatic ring is 1. The Morgan fingerprint density at radius 2 is 2.00 bits per heavy atom. The molecule has 0 bridgehead atoms. The molecule has 0 aromatic carbocycles. The molecular weight excluding hydrogens is 334 g/mol. The van der Waals surface area contributed by atoms with Crippen LogP contribution in [-0.4, -0.2) is 29.1 Å². The minimum atomic E-state index is 0.345. The molecule has 1 aromatic rings. The maximum atomic E-state index is 6.40. The summed E-state index contributed by atoms with van der Waals surface area (Å²) in [6, 6.07) is 0.360. The van der Waals surface area contributed by atoms with Crippen molar-refractivity contribution in [3.63, 3.8) is 0 Å². The van der Waals surface area contributed by atoms with Gasteiger partial charge in [0.05, 0.1) is 6.20 Å². The van der Waals surface area contributed by atoms with Gasteiger partial charge >= 0.3 is 0 Å². The van der Waals surface area contributed by atoms with Crippen LogP contribution in [0, 0.1) is 5.41 Å². The normalized spacial score (nSPS) is 23.5. The molecule has 1 aliphatic heterocycles. The van der Waals surface area contributed by atoms with E-state index < -0.39 is 0 Å². The monoisotopic (exact) mass is 367 g/mol. The quantitative estimate of drug-likeness (QED) is 0.784. The largest absolute Gasteiger partial charge is 0.382 e. The average Bonchev–Trinajstić information content (AvgIpc) is 3.03. The van der Waals surface area contributed by atoms with Crippen LogP contribution >= 0.6 is 0 Å². The Kier molecular flexibility index (Phi) is 5.70. The van der Waals surface area contributed by atoms with Crippen molar-refractivity contribution in [1.29, 1.82) is 0 Å². The summed E-state index contributed by atoms with van der Waals surface area (Å²) in [6.07, 6.45) is 11.7. The third-order valence-electron chi connectivity index (χ3n) is 6.69. The molecule has 146 valence electrons. The number of aromatic nitrogens is 2. The maximum absolute atomic E-state index is 6.40. The lowest BCUT2D eigenvalue weighted by atomic mass is 9.74. The van der Waals surface area contributed by atoms with Crippen molar-refractivity contribution in [2.75, 3.05) is 23.7 Å². The zero-order chi connectivity index (χ0) is 19.6. The Morgan fingerprint density at radius 3 is 2.52 bits per heavy atom. The summed E-state index contributed by atoms with van der Waals surface area (Å²) in [5.74, 6) is 1.35. The van der Waals surface area contributed by atoms with Crippen LogP contribution < -0.4 is 16.4 Å². The summed E-state index contributed by atoms with van der Waals surface area (Å²) < 4.78 is 0. The van der Waals surface area contributed by atoms with E-state index in [1.165, 1.54) is 19.3 Å². The first-order valence-corrected chi connectivity index (χ1v) is 10.0. The fourth-order valence-electron chi connectivity index (χ4n) is 4.62. The fraction of sp³-hybridized carbons (Fsp3) is 0.545. The molecule has 1 aromatic heterocycles. The van der Waals surface area contributed by atoms with E-state index in [-0.39, 0.29) is 0 Å². The van der Waals surface area contributed by atoms with Gasteiger partial charge in [0.25, 0.3) is 0 Å². The van der Waals surface area contributed by atoms with Gasteiger partial charge in [-0.3, -0.25) is 0 Å². The van der Waals surface area contributed by atoms with Crippen molar-refractivity contribution in [1.82, 2.24) is 9.97 Å². The molecule has 2 heterocycles. The number of hydrogen-bond acceptors (Lipinski definition) is 5. The van der Waals surface area contributed by atoms with E-state index in [9.17, 15) is 0 Å². The summed E-state index contributed by atoms with van der Waals surface area (Å²) >= 11 is 0. The molecule has 4 N–H and O–H groups in total. The highest BCUT2D eigenvalue weighted by Crippen LogP contribution is 2.45. The van der Waals surface area contributed by atoms with Gasteiger partial charge < -0.3 is 16.4 Å². The summed E-state index contributed by atoms with van der Waals surface area (Å²) in [6.45, 7) is 11.9. The van der Waals surface area contributed by atoms with Crippen molar-refractivity contribution in [2.45, 2.75) is 58.9 Å². The minimum Gasteiger partial charge on any atom is -0.382 e. The Balaban J connectivity index is 1.79. The topological polar surface area (TPSA) is 81.1 Å². The number of nitrogens with two attached hydrogens (primary N) is 2. The highest BCUT2D eigenvalue weighted by Gasteiger charge is 2.43. The first kappa shape index (κ1) is 19.6. The van der Waals surface area contributed by atoms with Crippen LogP contribution in [0.3, 0.4) is 0 Å². The van der Waals surface area contributed by atoms with Gasteiger partial charge in [0.15, 0.2) is 5.82 Å². The zero-order valence-electron chi connectivity index (χ0n) is 17.0. The lowest BCUT2D eigenvalue weighted by Gasteiger charge is -2.42. The first-order chi connectivity index (χ1) is 12.9. The fourth-order valence-corrected chi connectivity index (χ4v) is 4.62. The highest BCUT2D eigenvalue weighted by atomic mass is 15.2. The molecule has 27 heavy (non-hydrogen) atoms. The Hall–Kier alpha value is -2.14. The van der Waals surface area contributed by atoms with E-state index in [4.69, 9.17) is 11.5 Å². The number of rotatable bonds is 4. The van der Waals surface area contributed by atoms with E-state index in [1.54, 1.807) is 0 Å². The number of hydrogen-bond donors (Lipinski definition) is 2. The molecule has 3 rings (SSSR count). The molecule has 5 heteroatoms. The van der Waals surface area contributed by atoms with E-state index in [0.717, 1.165) is 54.2 Å². The average molecular weight is 368 g/mol. The number of anilines is 2. The SMILES string of the molecule is C=C/C(C)=C(C)\C(=C/C)c1ncc(N2CCC3(CCCC3N)CC2)nc1N. The smallest absolute Gasteiger partial charge is 0.152 e. The predicted molar refractivity (Wildman–Crippen MR) is 114 cm³/mol. The molecule has 1 atom stereocenters. The van der Waals surface area contributed by atoms with Gasteiger partial charge in [0, 0.05) is 24.7 Å². The number of allylic oxidation sites excluding steroid dienone is 5. The Morgan fingerprint density at radius 1 is 1.30 bits per heavy atom. The van der Waals surface area contributed by atoms with Crippen LogP contribution in [0.15, 0.2) is 36.1 Å². The third kappa shape index (κ3) is 3.65. The van der Waals surface area contributed by atoms with E-state index in [1.807, 2.05) is 32.2 Å². The first-order valence-electron chi connectivity index (χ1n) is 10.0. The standard InChI is InChI=1S/C22H33N5/c1-5-15(3)16(4)17(6-2)20-21(24)26-19(14-25-20)27-12-10-22(11-13-27)9-7-8-18(22)23/h5-6,14,18H,1,7-13,23H2,2-4H3,(H2,24,26)/b16-15-,17-6+. The van der Waals surface area contributed by atoms with Crippen LogP contribution in [-0.2, 0) is 0 Å². The summed E-state index contributed by atoms with van der Waals surface area (Å²) in [5.41, 5.74) is 17.0. The molecule has 1 saturated carbocycles. The molecule has 2 aliphatic rings. The summed E-state index contributed by atoms with van der Waals surface area (Å²) in [7, 11) is 0. The van der Waals surface area contributed by atoms with Crippen LogP contribution in [0.25, 0.3) is 5.57 Å². The van der Waals surface area contributed by atoms with Gasteiger partial charge in [-0.1, -0.05) is 25.2 Å². The third-order valence-corrected chi connectivity index (χ3v) is 6.69. The van der Waals surface area contributed by atoms with Crippen LogP contribution in [0.4, 0.5) is 11.6 Å². The van der Waals surface area contributed by atoms with Crippen molar-refractivity contribution in [3.8, 4) is 0 Å². The Labute approximate surface area is 163 Å². The van der Waals surface area contributed by atoms with Crippen molar-refractivity contribution in [3.05, 3.63) is 41.8 Å². The summed E-state index contributed by atoms with van der Waals surface area (Å²) in [5, 5.41) is 0. The second-order valence-electron chi connectivity index (χ2n) is 8.02. The van der Waals surface area contributed by atoms with E-state index >= 15 is 0 Å². The van der Waals surface area contributed by atoms with E-state index in [0.29, 0.717) is 17.3 Å². The van der Waals surface area contributed by atoms with E-state index in [2.05, 4.69) is 28.4 Å². The van der Waals surface area contributed by atoms with Gasteiger partial charge in [-0.2, -0.15) is 0 Å². The highest BCUT2D eigenvalue weighted by molar-refractivity contribution is 5.82. The lowest BCUT2D eigenvalue weighted by molar-refractivity contribution is 0.197. The van der Waals surface area contributed by atoms with Crippen molar-refractivity contribution < 1.29 is 0 Å². The van der Waals surface area contributed by atoms with Gasteiger partial charge in [-0.05, 0) is 63.0 Å². The van der Waals surface area contributed by atoms with Gasteiger partial charge in [-0.25, -0.2) is 9.97 Å². The van der Waals surface area contributed by atoms with Crippen LogP contribution in [0.2, 0.25) is 0 Å². The lowest BCUT2D eigenvalue weighted by Crippen LogP contribution is -2.47. The number of piperidine rings is 1. The van der Waals surface area contributed by atoms with Crippen LogP contribution in [0.5, 0.6) is 0 Å². The van der Waals surface area contributed by atoms with Gasteiger partial charge in [0.1, 0.15) is 11.5 Å². The second kappa shape index (κ2) is 7.85. The van der Waals surface area contributed by atoms with Crippen LogP contribution in [0.1, 0.15) is 58.6 Å². The molecule has 2 fully saturated rings. The molecule has 0 amide bonds. The van der Waals surface area contributed by atoms with Crippen molar-refractivity contribution >= 4 is 17.2 Å². The summed E-state index contributed by atoms with van der Waals surface area (Å²) in [4.78, 5) is 11.7. The predicted octanol–water partition coefficient (Wildman–Crippen LogP) is 4.08. The maximum Gasteiger partial charge on any atom is 0.152 e. The zero-order valence-corrected chi connectivity index (χ0v) is 17.0. The molecule has 0 radical (unpaired) electrons.